The smallest absolute Gasteiger partial charge is 0.143 e. The second-order valence-corrected chi connectivity index (χ2v) is 15.3. The Morgan fingerprint density at radius 1 is 0.283 bits per heavy atom. The van der Waals surface area contributed by atoms with Gasteiger partial charge in [0.2, 0.25) is 0 Å². The van der Waals surface area contributed by atoms with Crippen molar-refractivity contribution in [3.63, 3.8) is 0 Å². The van der Waals surface area contributed by atoms with Crippen LogP contribution in [0.25, 0.3) is 88.3 Å². The molecule has 0 N–H and O–H groups in total. The predicted molar refractivity (Wildman–Crippen MR) is 253 cm³/mol. The van der Waals surface area contributed by atoms with Gasteiger partial charge in [-0.15, -0.1) is 0 Å². The van der Waals surface area contributed by atoms with E-state index in [-0.39, 0.29) is 0 Å². The zero-order chi connectivity index (χ0) is 39.8. The normalized spacial score (nSPS) is 11.3. The van der Waals surface area contributed by atoms with Crippen molar-refractivity contribution in [2.75, 3.05) is 4.90 Å². The highest BCUT2D eigenvalue weighted by Crippen LogP contribution is 2.43. The lowest BCUT2D eigenvalue weighted by Crippen LogP contribution is -2.10. The summed E-state index contributed by atoms with van der Waals surface area (Å²) >= 11 is 0. The van der Waals surface area contributed by atoms with Crippen LogP contribution in [0.15, 0.2) is 241 Å². The quantitative estimate of drug-likeness (QED) is 0.153. The lowest BCUT2D eigenvalue weighted by atomic mass is 9.97. The van der Waals surface area contributed by atoms with Gasteiger partial charge in [0.15, 0.2) is 0 Å². The zero-order valence-corrected chi connectivity index (χ0v) is 32.9. The fraction of sp³-hybridized carbons (Fsp3) is 0. The van der Waals surface area contributed by atoms with Gasteiger partial charge in [-0.2, -0.15) is 0 Å². The van der Waals surface area contributed by atoms with Crippen molar-refractivity contribution in [3.8, 4) is 55.6 Å². The van der Waals surface area contributed by atoms with Crippen molar-refractivity contribution in [1.82, 2.24) is 0 Å². The standard InChI is InChI=1S/C58H39NO/c1-3-13-40(14-4-1)45-18-9-20-47(37-45)42-27-32-50(33-28-42)59(51-34-29-43(30-35-51)48-21-10-19-46(38-48)41-15-5-2-6-16-41)52-23-11-22-49(39-52)53-25-12-26-56-57(53)55-36-31-44-17-7-8-24-54(44)58(55)60-56/h1-39H. The lowest BCUT2D eigenvalue weighted by Gasteiger charge is -2.26. The summed E-state index contributed by atoms with van der Waals surface area (Å²) in [5.41, 5.74) is 16.9. The molecule has 1 heterocycles. The van der Waals surface area contributed by atoms with Gasteiger partial charge in [0.25, 0.3) is 0 Å². The largest absolute Gasteiger partial charge is 0.455 e. The second kappa shape index (κ2) is 15.1. The molecule has 0 aliphatic heterocycles. The molecule has 0 aliphatic carbocycles. The average molecular weight is 766 g/mol. The van der Waals surface area contributed by atoms with Crippen LogP contribution in [0, 0.1) is 0 Å². The molecule has 0 unspecified atom stereocenters. The van der Waals surface area contributed by atoms with E-state index in [1.54, 1.807) is 0 Å². The molecule has 0 spiro atoms. The lowest BCUT2D eigenvalue weighted by molar-refractivity contribution is 0.673. The Kier molecular flexibility index (Phi) is 8.87. The molecule has 11 rings (SSSR count). The first-order valence-corrected chi connectivity index (χ1v) is 20.5. The second-order valence-electron chi connectivity index (χ2n) is 15.3. The van der Waals surface area contributed by atoms with Gasteiger partial charge in [-0.1, -0.05) is 176 Å². The average Bonchev–Trinajstić information content (AvgIpc) is 3.73. The third kappa shape index (κ3) is 6.51. The van der Waals surface area contributed by atoms with Crippen LogP contribution in [0.3, 0.4) is 0 Å². The maximum atomic E-state index is 6.59. The number of anilines is 3. The van der Waals surface area contributed by atoms with Crippen LogP contribution in [0.2, 0.25) is 0 Å². The van der Waals surface area contributed by atoms with E-state index in [9.17, 15) is 0 Å². The molecular weight excluding hydrogens is 727 g/mol. The monoisotopic (exact) mass is 765 g/mol. The highest BCUT2D eigenvalue weighted by molar-refractivity contribution is 6.19. The van der Waals surface area contributed by atoms with E-state index in [2.05, 4.69) is 241 Å². The highest BCUT2D eigenvalue weighted by atomic mass is 16.3. The van der Waals surface area contributed by atoms with E-state index in [0.29, 0.717) is 0 Å². The molecule has 0 radical (unpaired) electrons. The summed E-state index contributed by atoms with van der Waals surface area (Å²) in [7, 11) is 0. The van der Waals surface area contributed by atoms with Crippen molar-refractivity contribution in [2.24, 2.45) is 0 Å². The summed E-state index contributed by atoms with van der Waals surface area (Å²) in [5.74, 6) is 0. The van der Waals surface area contributed by atoms with E-state index in [1.165, 1.54) is 49.9 Å². The molecule has 0 fully saturated rings. The van der Waals surface area contributed by atoms with Gasteiger partial charge in [-0.3, -0.25) is 0 Å². The van der Waals surface area contributed by atoms with Crippen LogP contribution in [-0.2, 0) is 0 Å². The van der Waals surface area contributed by atoms with Crippen molar-refractivity contribution >= 4 is 49.8 Å². The van der Waals surface area contributed by atoms with Crippen LogP contribution in [-0.4, -0.2) is 0 Å². The van der Waals surface area contributed by atoms with Crippen molar-refractivity contribution in [3.05, 3.63) is 237 Å². The first-order chi connectivity index (χ1) is 29.7. The number of rotatable bonds is 8. The van der Waals surface area contributed by atoms with Crippen molar-refractivity contribution in [2.45, 2.75) is 0 Å². The Morgan fingerprint density at radius 3 is 1.37 bits per heavy atom. The molecule has 11 aromatic rings. The Labute approximate surface area is 349 Å². The molecule has 0 bridgehead atoms. The van der Waals surface area contributed by atoms with Gasteiger partial charge in [-0.25, -0.2) is 0 Å². The summed E-state index contributed by atoms with van der Waals surface area (Å²) in [4.78, 5) is 2.36. The van der Waals surface area contributed by atoms with Crippen LogP contribution in [0.5, 0.6) is 0 Å². The zero-order valence-electron chi connectivity index (χ0n) is 32.9. The third-order valence-electron chi connectivity index (χ3n) is 11.7. The summed E-state index contributed by atoms with van der Waals surface area (Å²) in [6.07, 6.45) is 0. The van der Waals surface area contributed by atoms with Gasteiger partial charge < -0.3 is 9.32 Å². The van der Waals surface area contributed by atoms with E-state index in [0.717, 1.165) is 55.5 Å². The Balaban J connectivity index is 1.01. The molecule has 10 aromatic carbocycles. The molecule has 1 aromatic heterocycles. The van der Waals surface area contributed by atoms with Crippen LogP contribution >= 0.6 is 0 Å². The number of hydrogen-bond acceptors (Lipinski definition) is 2. The van der Waals surface area contributed by atoms with E-state index >= 15 is 0 Å². The molecule has 0 amide bonds. The summed E-state index contributed by atoms with van der Waals surface area (Å²) in [5, 5.41) is 4.56. The molecule has 0 atom stereocenters. The minimum Gasteiger partial charge on any atom is -0.455 e. The minimum absolute atomic E-state index is 0.889. The number of benzene rings is 10. The SMILES string of the molecule is c1ccc(-c2cccc(-c3ccc(N(c4ccc(-c5cccc(-c6ccccc6)c5)cc4)c4cccc(-c5cccc6oc7c8ccccc8ccc7c56)c4)cc3)c2)cc1. The van der Waals surface area contributed by atoms with Gasteiger partial charge >= 0.3 is 0 Å². The molecule has 2 nitrogen and oxygen atoms in total. The molecule has 60 heavy (non-hydrogen) atoms. The van der Waals surface area contributed by atoms with E-state index < -0.39 is 0 Å². The van der Waals surface area contributed by atoms with Gasteiger partial charge in [-0.05, 0) is 122 Å². The first-order valence-electron chi connectivity index (χ1n) is 20.5. The number of fused-ring (bicyclic) bond motifs is 5. The topological polar surface area (TPSA) is 16.4 Å². The number of nitrogens with zero attached hydrogens (tertiary/aromatic N) is 1. The molecule has 0 aliphatic rings. The Morgan fingerprint density at radius 2 is 0.767 bits per heavy atom. The Bertz CT molecular complexity index is 3160. The van der Waals surface area contributed by atoms with Crippen LogP contribution in [0.1, 0.15) is 0 Å². The third-order valence-corrected chi connectivity index (χ3v) is 11.7. The van der Waals surface area contributed by atoms with Crippen molar-refractivity contribution in [1.29, 1.82) is 0 Å². The molecule has 282 valence electrons. The molecule has 0 saturated carbocycles. The number of furan rings is 1. The molecular formula is C58H39NO. The Hall–Kier alpha value is -7.94. The van der Waals surface area contributed by atoms with Crippen LogP contribution < -0.4 is 4.90 Å². The summed E-state index contributed by atoms with van der Waals surface area (Å²) in [6.45, 7) is 0. The highest BCUT2D eigenvalue weighted by Gasteiger charge is 2.18. The fourth-order valence-corrected chi connectivity index (χ4v) is 8.68. The maximum absolute atomic E-state index is 6.59. The predicted octanol–water partition coefficient (Wildman–Crippen LogP) is 16.5. The summed E-state index contributed by atoms with van der Waals surface area (Å²) < 4.78 is 6.59. The fourth-order valence-electron chi connectivity index (χ4n) is 8.68. The van der Waals surface area contributed by atoms with Gasteiger partial charge in [0.1, 0.15) is 11.2 Å². The van der Waals surface area contributed by atoms with Crippen molar-refractivity contribution < 1.29 is 4.42 Å². The minimum atomic E-state index is 0.889. The molecule has 0 saturated heterocycles. The van der Waals surface area contributed by atoms with E-state index in [1.807, 2.05) is 0 Å². The summed E-state index contributed by atoms with van der Waals surface area (Å²) in [6, 6.07) is 84.8. The van der Waals surface area contributed by atoms with Gasteiger partial charge in [0, 0.05) is 33.2 Å². The maximum Gasteiger partial charge on any atom is 0.143 e. The first kappa shape index (κ1) is 35.2. The molecule has 2 heteroatoms. The van der Waals surface area contributed by atoms with E-state index in [4.69, 9.17) is 4.42 Å². The van der Waals surface area contributed by atoms with Crippen LogP contribution in [0.4, 0.5) is 17.1 Å². The number of hydrogen-bond donors (Lipinski definition) is 0. The van der Waals surface area contributed by atoms with Gasteiger partial charge in [0.05, 0.1) is 0 Å².